The fraction of sp³-hybridized carbons (Fsp3) is 0.111. The maximum absolute atomic E-state index is 13.8. The van der Waals surface area contributed by atoms with Crippen molar-refractivity contribution in [3.05, 3.63) is 101 Å². The van der Waals surface area contributed by atoms with Gasteiger partial charge in [-0.2, -0.15) is 8.42 Å². The number of carbonyl (C=O) groups is 1. The van der Waals surface area contributed by atoms with Crippen LogP contribution in [-0.2, 0) is 30.4 Å². The molecule has 5 rings (SSSR count). The van der Waals surface area contributed by atoms with E-state index in [1.54, 1.807) is 24.3 Å². The number of aliphatic hydroxyl groups is 2. The molecular formula is C27H23N3O7S2. The van der Waals surface area contributed by atoms with Gasteiger partial charge in [0.05, 0.1) is 11.9 Å². The number of carbonyl (C=O) groups excluding carboxylic acids is 1. The Morgan fingerprint density at radius 3 is 2.46 bits per heavy atom. The number of sulfonamides is 2. The monoisotopic (exact) mass is 565 g/mol. The van der Waals surface area contributed by atoms with Gasteiger partial charge in [0.25, 0.3) is 10.0 Å². The summed E-state index contributed by atoms with van der Waals surface area (Å²) in [6, 6.07) is 19.3. The number of hydrogen-bond donors (Lipinski definition) is 4. The summed E-state index contributed by atoms with van der Waals surface area (Å²) in [6.45, 7) is 0. The maximum Gasteiger partial charge on any atom is 0.286 e. The number of fused-ring (bicyclic) bond motifs is 2. The van der Waals surface area contributed by atoms with E-state index in [9.17, 15) is 31.8 Å². The van der Waals surface area contributed by atoms with E-state index in [0.717, 1.165) is 17.9 Å². The number of benzene rings is 3. The lowest BCUT2D eigenvalue weighted by molar-refractivity contribution is -0.133. The quantitative estimate of drug-likeness (QED) is 0.353. The molecule has 3 aromatic carbocycles. The first-order valence-electron chi connectivity index (χ1n) is 11.7. The van der Waals surface area contributed by atoms with Gasteiger partial charge in [0.1, 0.15) is 16.2 Å². The number of amidine groups is 1. The molecule has 1 atom stereocenters. The smallest absolute Gasteiger partial charge is 0.286 e. The predicted octanol–water partition coefficient (Wildman–Crippen LogP) is 3.41. The van der Waals surface area contributed by atoms with Crippen LogP contribution in [0.3, 0.4) is 0 Å². The highest BCUT2D eigenvalue weighted by molar-refractivity contribution is 7.92. The highest BCUT2D eigenvalue weighted by Crippen LogP contribution is 2.42. The Hall–Kier alpha value is -4.26. The fourth-order valence-corrected chi connectivity index (χ4v) is 6.22. The van der Waals surface area contributed by atoms with E-state index in [2.05, 4.69) is 14.4 Å². The summed E-state index contributed by atoms with van der Waals surface area (Å²) in [5, 5.41) is 25.6. The lowest BCUT2D eigenvalue weighted by Crippen LogP contribution is -2.44. The SMILES string of the molecule is CS(=O)(=O)Nc1ccc2c(c1)S(=O)(=O)N=C(C1=C(O)c3ccccc3C(O)(C/C=C/c3ccccc3)C1=O)N2. The molecule has 0 bridgehead atoms. The van der Waals surface area contributed by atoms with Gasteiger partial charge in [-0.3, -0.25) is 9.52 Å². The lowest BCUT2D eigenvalue weighted by atomic mass is 9.75. The molecule has 0 aromatic heterocycles. The summed E-state index contributed by atoms with van der Waals surface area (Å²) in [5.74, 6) is -1.93. The first-order valence-corrected chi connectivity index (χ1v) is 15.0. The number of ketones is 1. The van der Waals surface area contributed by atoms with Crippen LogP contribution in [-0.4, -0.2) is 44.9 Å². The zero-order valence-corrected chi connectivity index (χ0v) is 22.1. The summed E-state index contributed by atoms with van der Waals surface area (Å²) in [4.78, 5) is 13.5. The Balaban J connectivity index is 1.57. The number of rotatable bonds is 6. The van der Waals surface area contributed by atoms with Gasteiger partial charge in [-0.05, 0) is 23.8 Å². The molecular weight excluding hydrogens is 542 g/mol. The van der Waals surface area contributed by atoms with Gasteiger partial charge in [0, 0.05) is 23.2 Å². The van der Waals surface area contributed by atoms with Crippen molar-refractivity contribution in [2.24, 2.45) is 4.40 Å². The minimum Gasteiger partial charge on any atom is -0.506 e. The minimum absolute atomic E-state index is 0.00425. The summed E-state index contributed by atoms with van der Waals surface area (Å²) >= 11 is 0. The van der Waals surface area contributed by atoms with Crippen molar-refractivity contribution in [1.82, 2.24) is 0 Å². The normalized spacial score (nSPS) is 20.2. The van der Waals surface area contributed by atoms with Crippen LogP contribution in [0.15, 0.2) is 93.7 Å². The first kappa shape index (κ1) is 26.4. The Bertz CT molecular complexity index is 1810. The molecule has 0 saturated heterocycles. The van der Waals surface area contributed by atoms with E-state index in [1.165, 1.54) is 24.3 Å². The third kappa shape index (κ3) is 4.97. The van der Waals surface area contributed by atoms with E-state index in [0.29, 0.717) is 0 Å². The van der Waals surface area contributed by atoms with Crippen LogP contribution >= 0.6 is 0 Å². The molecule has 1 unspecified atom stereocenters. The first-order chi connectivity index (χ1) is 18.4. The number of hydrogen-bond acceptors (Lipinski definition) is 8. The van der Waals surface area contributed by atoms with Crippen molar-refractivity contribution < 1.29 is 31.8 Å². The molecule has 1 aliphatic carbocycles. The van der Waals surface area contributed by atoms with Gasteiger partial charge in [-0.1, -0.05) is 66.7 Å². The predicted molar refractivity (Wildman–Crippen MR) is 148 cm³/mol. The van der Waals surface area contributed by atoms with Gasteiger partial charge in [-0.25, -0.2) is 8.42 Å². The Morgan fingerprint density at radius 2 is 1.74 bits per heavy atom. The standard InChI is InChI=1S/C27H23N3O7S2/c1-38(34,35)29-18-13-14-21-22(16-18)39(36,37)30-26(28-21)23-24(31)19-11-5-6-12-20(19)27(33,25(23)32)15-7-10-17-8-3-2-4-9-17/h2-14,16,29,31,33H,15H2,1H3,(H,28,30)/b10-7+. The van der Waals surface area contributed by atoms with Gasteiger partial charge < -0.3 is 15.5 Å². The number of nitrogens with one attached hydrogen (secondary N) is 2. The van der Waals surface area contributed by atoms with Gasteiger partial charge in [0.15, 0.2) is 11.4 Å². The maximum atomic E-state index is 13.8. The van der Waals surface area contributed by atoms with Crippen LogP contribution in [0.1, 0.15) is 23.1 Å². The molecule has 39 heavy (non-hydrogen) atoms. The number of aliphatic hydroxyl groups excluding tert-OH is 1. The van der Waals surface area contributed by atoms with Crippen molar-refractivity contribution in [2.75, 3.05) is 16.3 Å². The summed E-state index contributed by atoms with van der Waals surface area (Å²) in [7, 11) is -8.11. The molecule has 1 aliphatic heterocycles. The zero-order valence-electron chi connectivity index (χ0n) is 20.5. The molecule has 1 heterocycles. The van der Waals surface area contributed by atoms with Crippen molar-refractivity contribution in [3.8, 4) is 0 Å². The van der Waals surface area contributed by atoms with Crippen LogP contribution in [0.25, 0.3) is 11.8 Å². The molecule has 2 aliphatic rings. The van der Waals surface area contributed by atoms with E-state index in [-0.39, 0.29) is 33.8 Å². The molecule has 0 spiro atoms. The molecule has 0 fully saturated rings. The Morgan fingerprint density at radius 1 is 1.05 bits per heavy atom. The highest BCUT2D eigenvalue weighted by Gasteiger charge is 2.48. The van der Waals surface area contributed by atoms with E-state index in [4.69, 9.17) is 0 Å². The average Bonchev–Trinajstić information content (AvgIpc) is 2.88. The van der Waals surface area contributed by atoms with E-state index in [1.807, 2.05) is 30.3 Å². The van der Waals surface area contributed by atoms with Crippen molar-refractivity contribution >= 4 is 54.9 Å². The van der Waals surface area contributed by atoms with Gasteiger partial charge >= 0.3 is 0 Å². The van der Waals surface area contributed by atoms with Crippen molar-refractivity contribution in [3.63, 3.8) is 0 Å². The molecule has 0 amide bonds. The third-order valence-electron chi connectivity index (χ3n) is 6.25. The van der Waals surface area contributed by atoms with Crippen LogP contribution in [0.5, 0.6) is 0 Å². The van der Waals surface area contributed by atoms with Gasteiger partial charge in [-0.15, -0.1) is 4.40 Å². The largest absolute Gasteiger partial charge is 0.506 e. The average molecular weight is 566 g/mol. The molecule has 0 radical (unpaired) electrons. The molecule has 10 nitrogen and oxygen atoms in total. The van der Waals surface area contributed by atoms with Crippen LogP contribution in [0, 0.1) is 0 Å². The summed E-state index contributed by atoms with van der Waals surface area (Å²) < 4.78 is 55.3. The number of Topliss-reactive ketones (excluding diaryl/α,β-unsaturated/α-hetero) is 1. The summed E-state index contributed by atoms with van der Waals surface area (Å²) in [6.07, 6.45) is 4.13. The second-order valence-electron chi connectivity index (χ2n) is 9.10. The van der Waals surface area contributed by atoms with Crippen LogP contribution in [0.4, 0.5) is 11.4 Å². The lowest BCUT2D eigenvalue weighted by Gasteiger charge is -2.34. The minimum atomic E-state index is -4.44. The molecule has 12 heteroatoms. The third-order valence-corrected chi connectivity index (χ3v) is 8.18. The molecule has 3 aromatic rings. The second-order valence-corrected chi connectivity index (χ2v) is 12.4. The van der Waals surface area contributed by atoms with Gasteiger partial charge in [0.2, 0.25) is 15.8 Å². The van der Waals surface area contributed by atoms with Crippen LogP contribution < -0.4 is 10.0 Å². The summed E-state index contributed by atoms with van der Waals surface area (Å²) in [5.41, 5.74) is -1.42. The van der Waals surface area contributed by atoms with E-state index < -0.39 is 48.6 Å². The topological polar surface area (TPSA) is 162 Å². The molecule has 200 valence electrons. The number of nitrogens with zero attached hydrogens (tertiary/aromatic N) is 1. The fourth-order valence-electron chi connectivity index (χ4n) is 4.52. The number of anilines is 2. The van der Waals surface area contributed by atoms with Crippen LogP contribution in [0.2, 0.25) is 0 Å². The second kappa shape index (κ2) is 9.49. The molecule has 4 N–H and O–H groups in total. The van der Waals surface area contributed by atoms with E-state index >= 15 is 0 Å². The highest BCUT2D eigenvalue weighted by atomic mass is 32.2. The van der Waals surface area contributed by atoms with Crippen molar-refractivity contribution in [1.29, 1.82) is 0 Å². The molecule has 0 saturated carbocycles. The van der Waals surface area contributed by atoms with Crippen molar-refractivity contribution in [2.45, 2.75) is 16.9 Å². The Kier molecular flexibility index (Phi) is 6.41. The Labute approximate surface area is 225 Å². The zero-order chi connectivity index (χ0) is 28.0.